The lowest BCUT2D eigenvalue weighted by Crippen LogP contribution is -2.06. The second kappa shape index (κ2) is 4.78. The third kappa shape index (κ3) is 1.95. The van der Waals surface area contributed by atoms with Crippen LogP contribution in [-0.4, -0.2) is 6.54 Å². The molecule has 0 bridgehead atoms. The molecule has 1 aliphatic rings. The fourth-order valence-corrected chi connectivity index (χ4v) is 3.51. The Bertz CT molecular complexity index is 655. The molecular formula is C15H12Cl2FN. The molecule has 0 radical (unpaired) electrons. The van der Waals surface area contributed by atoms with Crippen molar-refractivity contribution in [1.29, 1.82) is 0 Å². The Morgan fingerprint density at radius 2 is 2.00 bits per heavy atom. The molecule has 0 saturated heterocycles. The van der Waals surface area contributed by atoms with E-state index >= 15 is 0 Å². The van der Waals surface area contributed by atoms with Gasteiger partial charge in [0, 0.05) is 21.5 Å². The minimum Gasteiger partial charge on any atom is -0.330 e. The molecule has 1 aliphatic carbocycles. The first-order valence-corrected chi connectivity index (χ1v) is 6.87. The molecule has 3 rings (SSSR count). The lowest BCUT2D eigenvalue weighted by Gasteiger charge is -2.13. The molecule has 0 spiro atoms. The first-order chi connectivity index (χ1) is 9.13. The second-order valence-electron chi connectivity index (χ2n) is 4.68. The van der Waals surface area contributed by atoms with Crippen LogP contribution in [0.25, 0.3) is 11.1 Å². The summed E-state index contributed by atoms with van der Waals surface area (Å²) in [6.07, 6.45) is 0.741. The van der Waals surface area contributed by atoms with Gasteiger partial charge in [-0.15, -0.1) is 0 Å². The highest BCUT2D eigenvalue weighted by atomic mass is 35.5. The molecule has 1 atom stereocenters. The lowest BCUT2D eigenvalue weighted by molar-refractivity contribution is 0.629. The quantitative estimate of drug-likeness (QED) is 0.861. The van der Waals surface area contributed by atoms with E-state index in [9.17, 15) is 4.39 Å². The first-order valence-electron chi connectivity index (χ1n) is 6.11. The van der Waals surface area contributed by atoms with Gasteiger partial charge >= 0.3 is 0 Å². The smallest absolute Gasteiger partial charge is 0.131 e. The van der Waals surface area contributed by atoms with Gasteiger partial charge in [-0.25, -0.2) is 4.39 Å². The van der Waals surface area contributed by atoms with Crippen LogP contribution in [-0.2, 0) is 0 Å². The topological polar surface area (TPSA) is 26.0 Å². The van der Waals surface area contributed by atoms with E-state index in [2.05, 4.69) is 0 Å². The molecule has 2 aromatic carbocycles. The lowest BCUT2D eigenvalue weighted by atomic mass is 9.93. The third-order valence-corrected chi connectivity index (χ3v) is 4.12. The van der Waals surface area contributed by atoms with Crippen molar-refractivity contribution in [2.24, 2.45) is 5.73 Å². The highest BCUT2D eigenvalue weighted by molar-refractivity contribution is 6.36. The molecule has 4 heteroatoms. The summed E-state index contributed by atoms with van der Waals surface area (Å²) in [7, 11) is 0. The van der Waals surface area contributed by atoms with Crippen LogP contribution in [0, 0.1) is 5.82 Å². The van der Waals surface area contributed by atoms with Gasteiger partial charge in [-0.2, -0.15) is 0 Å². The van der Waals surface area contributed by atoms with Crippen molar-refractivity contribution < 1.29 is 4.39 Å². The maximum atomic E-state index is 14.1. The Kier molecular flexibility index (Phi) is 3.25. The predicted molar refractivity (Wildman–Crippen MR) is 77.4 cm³/mol. The van der Waals surface area contributed by atoms with Crippen LogP contribution >= 0.6 is 23.2 Å². The molecule has 19 heavy (non-hydrogen) atoms. The van der Waals surface area contributed by atoms with Gasteiger partial charge in [0.25, 0.3) is 0 Å². The average molecular weight is 296 g/mol. The van der Waals surface area contributed by atoms with Gasteiger partial charge in [-0.05, 0) is 47.9 Å². The molecule has 2 N–H and O–H groups in total. The van der Waals surface area contributed by atoms with Crippen LogP contribution < -0.4 is 5.73 Å². The number of hydrogen-bond donors (Lipinski definition) is 1. The van der Waals surface area contributed by atoms with Gasteiger partial charge in [0.2, 0.25) is 0 Å². The zero-order valence-corrected chi connectivity index (χ0v) is 11.6. The van der Waals surface area contributed by atoms with Gasteiger partial charge in [-0.3, -0.25) is 0 Å². The molecule has 1 unspecified atom stereocenters. The number of fused-ring (bicyclic) bond motifs is 3. The van der Waals surface area contributed by atoms with Gasteiger partial charge in [0.1, 0.15) is 5.82 Å². The molecule has 0 heterocycles. The van der Waals surface area contributed by atoms with Crippen LogP contribution in [0.5, 0.6) is 0 Å². The summed E-state index contributed by atoms with van der Waals surface area (Å²) in [6, 6.07) is 8.60. The normalized spacial score (nSPS) is 16.3. The number of hydrogen-bond acceptors (Lipinski definition) is 1. The van der Waals surface area contributed by atoms with Crippen molar-refractivity contribution in [2.75, 3.05) is 6.54 Å². The summed E-state index contributed by atoms with van der Waals surface area (Å²) in [4.78, 5) is 0. The molecule has 0 aliphatic heterocycles. The van der Waals surface area contributed by atoms with Crippen LogP contribution in [0.3, 0.4) is 0 Å². The predicted octanol–water partition coefficient (Wildman–Crippen LogP) is 4.59. The molecule has 0 aromatic heterocycles. The first kappa shape index (κ1) is 12.9. The summed E-state index contributed by atoms with van der Waals surface area (Å²) in [5.41, 5.74) is 8.97. The van der Waals surface area contributed by atoms with Crippen molar-refractivity contribution in [2.45, 2.75) is 12.3 Å². The summed E-state index contributed by atoms with van der Waals surface area (Å²) in [6.45, 7) is 0.527. The number of benzene rings is 2. The maximum Gasteiger partial charge on any atom is 0.131 e. The van der Waals surface area contributed by atoms with E-state index in [1.807, 2.05) is 6.07 Å². The summed E-state index contributed by atoms with van der Waals surface area (Å²) < 4.78 is 14.1. The molecule has 98 valence electrons. The van der Waals surface area contributed by atoms with Gasteiger partial charge in [-0.1, -0.05) is 35.3 Å². The zero-order valence-electron chi connectivity index (χ0n) is 10.1. The molecule has 2 aromatic rings. The molecule has 0 saturated carbocycles. The minimum atomic E-state index is -0.239. The van der Waals surface area contributed by atoms with Crippen molar-refractivity contribution in [3.8, 4) is 11.1 Å². The van der Waals surface area contributed by atoms with Crippen molar-refractivity contribution in [1.82, 2.24) is 0 Å². The number of nitrogens with two attached hydrogens (primary N) is 1. The molecule has 1 nitrogen and oxygen atoms in total. The van der Waals surface area contributed by atoms with Crippen LogP contribution in [0.15, 0.2) is 30.3 Å². The molecule has 0 amide bonds. The van der Waals surface area contributed by atoms with E-state index in [4.69, 9.17) is 28.9 Å². The molecular weight excluding hydrogens is 284 g/mol. The van der Waals surface area contributed by atoms with E-state index < -0.39 is 0 Å². The van der Waals surface area contributed by atoms with Crippen LogP contribution in [0.1, 0.15) is 23.5 Å². The van der Waals surface area contributed by atoms with E-state index in [0.717, 1.165) is 23.1 Å². The largest absolute Gasteiger partial charge is 0.330 e. The Labute approximate surface area is 121 Å². The fourth-order valence-electron chi connectivity index (χ4n) is 2.88. The van der Waals surface area contributed by atoms with Crippen LogP contribution in [0.2, 0.25) is 10.0 Å². The van der Waals surface area contributed by atoms with Gasteiger partial charge in [0.05, 0.1) is 0 Å². The Balaban J connectivity index is 2.33. The van der Waals surface area contributed by atoms with Crippen LogP contribution in [0.4, 0.5) is 4.39 Å². The number of rotatable bonds is 2. The summed E-state index contributed by atoms with van der Waals surface area (Å²) in [5.74, 6) is -0.188. The molecule has 0 fully saturated rings. The van der Waals surface area contributed by atoms with Gasteiger partial charge < -0.3 is 5.73 Å². The summed E-state index contributed by atoms with van der Waals surface area (Å²) in [5, 5.41) is 1.10. The van der Waals surface area contributed by atoms with E-state index in [0.29, 0.717) is 22.2 Å². The van der Waals surface area contributed by atoms with Crippen molar-refractivity contribution in [3.63, 3.8) is 0 Å². The van der Waals surface area contributed by atoms with Gasteiger partial charge in [0.15, 0.2) is 0 Å². The maximum absolute atomic E-state index is 14.1. The van der Waals surface area contributed by atoms with Crippen molar-refractivity contribution >= 4 is 23.2 Å². The third-order valence-electron chi connectivity index (χ3n) is 3.59. The monoisotopic (exact) mass is 295 g/mol. The Hall–Kier alpha value is -1.09. The SMILES string of the molecule is NCCC1c2cccc(F)c2-c2cc(Cl)cc(Cl)c21. The van der Waals surface area contributed by atoms with E-state index in [1.165, 1.54) is 6.07 Å². The second-order valence-corrected chi connectivity index (χ2v) is 5.53. The number of halogens is 3. The fraction of sp³-hybridized carbons (Fsp3) is 0.200. The minimum absolute atomic E-state index is 0.0514. The van der Waals surface area contributed by atoms with Crippen molar-refractivity contribution in [3.05, 3.63) is 57.3 Å². The average Bonchev–Trinajstić information content (AvgIpc) is 2.66. The standard InChI is InChI=1S/C15H12Cl2FN/c16-8-6-11-14(12(17)7-8)10(4-5-19)9-2-1-3-13(18)15(9)11/h1-3,6-7,10H,4-5,19H2. The van der Waals surface area contributed by atoms with E-state index in [-0.39, 0.29) is 11.7 Å². The zero-order chi connectivity index (χ0) is 13.6. The van der Waals surface area contributed by atoms with E-state index in [1.54, 1.807) is 18.2 Å². The Morgan fingerprint density at radius 1 is 1.21 bits per heavy atom. The Morgan fingerprint density at radius 3 is 2.74 bits per heavy atom. The highest BCUT2D eigenvalue weighted by Crippen LogP contribution is 2.50. The summed E-state index contributed by atoms with van der Waals surface area (Å²) >= 11 is 12.3. The highest BCUT2D eigenvalue weighted by Gasteiger charge is 2.32.